The maximum absolute atomic E-state index is 14.3. The Hall–Kier alpha value is -2.46. The van der Waals surface area contributed by atoms with Gasteiger partial charge in [-0.05, 0) is 53.6 Å². The standard InChI is InChI=1S/C23H22FN3OS/c24-21-12-15(25)3-4-17(21)19-14-20(19)18-5-6-26-22-13-16(29-23(18)22)2-1-7-27-8-10-28-11-9-27/h3-6,12-13,19-20H,7-11,14,25H2. The molecule has 2 N–H and O–H groups in total. The first kappa shape index (κ1) is 18.6. The van der Waals surface area contributed by atoms with Crippen molar-refractivity contribution in [3.63, 3.8) is 0 Å². The maximum Gasteiger partial charge on any atom is 0.128 e. The van der Waals surface area contributed by atoms with Crippen LogP contribution in [0.1, 0.15) is 34.3 Å². The van der Waals surface area contributed by atoms with Crippen molar-refractivity contribution in [2.45, 2.75) is 18.3 Å². The number of benzene rings is 1. The molecule has 3 heterocycles. The first-order chi connectivity index (χ1) is 14.2. The van der Waals surface area contributed by atoms with E-state index in [2.05, 4.69) is 33.9 Å². The van der Waals surface area contributed by atoms with Crippen LogP contribution in [0.15, 0.2) is 36.5 Å². The molecule has 148 valence electrons. The highest BCUT2D eigenvalue weighted by Crippen LogP contribution is 2.57. The quantitative estimate of drug-likeness (QED) is 0.527. The van der Waals surface area contributed by atoms with Crippen LogP contribution in [0.25, 0.3) is 10.2 Å². The third kappa shape index (κ3) is 3.86. The Morgan fingerprint density at radius 2 is 2.00 bits per heavy atom. The molecule has 3 aromatic rings. The maximum atomic E-state index is 14.3. The second-order valence-corrected chi connectivity index (χ2v) is 8.70. The molecule has 2 aromatic heterocycles. The van der Waals surface area contributed by atoms with Gasteiger partial charge in [0.25, 0.3) is 0 Å². The fraction of sp³-hybridized carbons (Fsp3) is 0.348. The molecule has 0 amide bonds. The second-order valence-electron chi connectivity index (χ2n) is 7.65. The molecule has 1 saturated heterocycles. The van der Waals surface area contributed by atoms with Gasteiger partial charge in [0.05, 0.1) is 34.9 Å². The molecule has 1 aromatic carbocycles. The van der Waals surface area contributed by atoms with Crippen molar-refractivity contribution in [3.05, 3.63) is 58.3 Å². The number of halogens is 1. The van der Waals surface area contributed by atoms with Crippen molar-refractivity contribution < 1.29 is 9.13 Å². The van der Waals surface area contributed by atoms with Crippen LogP contribution in [0.5, 0.6) is 0 Å². The second kappa shape index (κ2) is 7.75. The van der Waals surface area contributed by atoms with E-state index < -0.39 is 0 Å². The molecule has 2 aliphatic rings. The van der Waals surface area contributed by atoms with E-state index in [1.54, 1.807) is 17.4 Å². The van der Waals surface area contributed by atoms with Gasteiger partial charge in [-0.2, -0.15) is 0 Å². The summed E-state index contributed by atoms with van der Waals surface area (Å²) in [4.78, 5) is 7.86. The van der Waals surface area contributed by atoms with Gasteiger partial charge in [0.1, 0.15) is 5.82 Å². The molecule has 0 spiro atoms. The van der Waals surface area contributed by atoms with E-state index in [1.165, 1.54) is 16.3 Å². The van der Waals surface area contributed by atoms with Crippen molar-refractivity contribution in [1.82, 2.24) is 9.88 Å². The molecule has 2 atom stereocenters. The molecule has 6 heteroatoms. The largest absolute Gasteiger partial charge is 0.399 e. The molecule has 1 aliphatic heterocycles. The molecular weight excluding hydrogens is 385 g/mol. The number of rotatable bonds is 3. The zero-order valence-corrected chi connectivity index (χ0v) is 16.8. The van der Waals surface area contributed by atoms with Crippen molar-refractivity contribution in [2.24, 2.45) is 0 Å². The van der Waals surface area contributed by atoms with Crippen molar-refractivity contribution in [3.8, 4) is 11.8 Å². The minimum absolute atomic E-state index is 0.205. The average molecular weight is 408 g/mol. The lowest BCUT2D eigenvalue weighted by molar-refractivity contribution is 0.0443. The highest BCUT2D eigenvalue weighted by Gasteiger charge is 2.42. The number of fused-ring (bicyclic) bond motifs is 1. The first-order valence-corrected chi connectivity index (χ1v) is 10.7. The number of pyridine rings is 1. The van der Waals surface area contributed by atoms with E-state index in [9.17, 15) is 4.39 Å². The number of thiophene rings is 1. The van der Waals surface area contributed by atoms with Crippen molar-refractivity contribution >= 4 is 27.2 Å². The summed E-state index contributed by atoms with van der Waals surface area (Å²) < 4.78 is 20.9. The van der Waals surface area contributed by atoms with Crippen LogP contribution in [-0.4, -0.2) is 42.7 Å². The minimum Gasteiger partial charge on any atom is -0.399 e. The number of hydrogen-bond acceptors (Lipinski definition) is 5. The Morgan fingerprint density at radius 1 is 1.17 bits per heavy atom. The van der Waals surface area contributed by atoms with Crippen LogP contribution in [0.2, 0.25) is 0 Å². The Morgan fingerprint density at radius 3 is 2.83 bits per heavy atom. The molecule has 0 radical (unpaired) electrons. The van der Waals surface area contributed by atoms with E-state index >= 15 is 0 Å². The number of morpholine rings is 1. The van der Waals surface area contributed by atoms with Gasteiger partial charge < -0.3 is 10.5 Å². The zero-order valence-electron chi connectivity index (χ0n) is 16.0. The number of nitrogens with zero attached hydrogens (tertiary/aromatic N) is 2. The van der Waals surface area contributed by atoms with Crippen LogP contribution in [-0.2, 0) is 4.74 Å². The van der Waals surface area contributed by atoms with Gasteiger partial charge in [0.2, 0.25) is 0 Å². The van der Waals surface area contributed by atoms with E-state index in [0.29, 0.717) is 11.6 Å². The highest BCUT2D eigenvalue weighted by molar-refractivity contribution is 7.19. The predicted molar refractivity (Wildman–Crippen MR) is 115 cm³/mol. The fourth-order valence-corrected chi connectivity index (χ4v) is 5.10. The molecule has 5 rings (SSSR count). The first-order valence-electron chi connectivity index (χ1n) is 9.91. The number of aromatic nitrogens is 1. The monoisotopic (exact) mass is 407 g/mol. The Kier molecular flexibility index (Phi) is 4.96. The summed E-state index contributed by atoms with van der Waals surface area (Å²) in [5.74, 6) is 6.91. The van der Waals surface area contributed by atoms with Crippen LogP contribution < -0.4 is 5.73 Å². The van der Waals surface area contributed by atoms with Crippen LogP contribution in [0.4, 0.5) is 10.1 Å². The lowest BCUT2D eigenvalue weighted by atomic mass is 10.0. The van der Waals surface area contributed by atoms with E-state index in [-0.39, 0.29) is 11.7 Å². The van der Waals surface area contributed by atoms with Gasteiger partial charge >= 0.3 is 0 Å². The van der Waals surface area contributed by atoms with Crippen LogP contribution >= 0.6 is 11.3 Å². The Bertz CT molecular complexity index is 1110. The molecular formula is C23H22FN3OS. The Balaban J connectivity index is 1.36. The molecule has 1 aliphatic carbocycles. The molecule has 4 nitrogen and oxygen atoms in total. The lowest BCUT2D eigenvalue weighted by Crippen LogP contribution is -2.36. The van der Waals surface area contributed by atoms with E-state index in [4.69, 9.17) is 10.5 Å². The minimum atomic E-state index is -0.205. The lowest BCUT2D eigenvalue weighted by Gasteiger charge is -2.24. The predicted octanol–water partition coefficient (Wildman–Crippen LogP) is 3.97. The van der Waals surface area contributed by atoms with Gasteiger partial charge in [0, 0.05) is 25.0 Å². The smallest absolute Gasteiger partial charge is 0.128 e. The number of ether oxygens (including phenoxy) is 1. The summed E-state index contributed by atoms with van der Waals surface area (Å²) in [6.07, 6.45) is 2.81. The summed E-state index contributed by atoms with van der Waals surface area (Å²) >= 11 is 1.69. The topological polar surface area (TPSA) is 51.4 Å². The Labute approximate surface area is 173 Å². The van der Waals surface area contributed by atoms with Crippen LogP contribution in [0, 0.1) is 17.7 Å². The van der Waals surface area contributed by atoms with E-state index in [0.717, 1.165) is 55.2 Å². The van der Waals surface area contributed by atoms with Crippen molar-refractivity contribution in [1.29, 1.82) is 0 Å². The highest BCUT2D eigenvalue weighted by atomic mass is 32.1. The summed E-state index contributed by atoms with van der Waals surface area (Å²) in [6, 6.07) is 9.16. The van der Waals surface area contributed by atoms with Gasteiger partial charge in [-0.15, -0.1) is 11.3 Å². The van der Waals surface area contributed by atoms with Crippen LogP contribution in [0.3, 0.4) is 0 Å². The molecule has 2 unspecified atom stereocenters. The summed E-state index contributed by atoms with van der Waals surface area (Å²) in [5, 5.41) is 0. The number of nitrogen functional groups attached to an aromatic ring is 1. The molecule has 2 fully saturated rings. The van der Waals surface area contributed by atoms with E-state index in [1.807, 2.05) is 12.3 Å². The normalized spacial score (nSPS) is 21.7. The van der Waals surface area contributed by atoms with Gasteiger partial charge in [0.15, 0.2) is 0 Å². The molecule has 1 saturated carbocycles. The number of hydrogen-bond donors (Lipinski definition) is 1. The SMILES string of the molecule is Nc1ccc(C2CC2c2ccnc3cc(C#CCN4CCOCC4)sc23)c(F)c1. The number of nitrogens with two attached hydrogens (primary N) is 1. The average Bonchev–Trinajstić information content (AvgIpc) is 3.39. The summed E-state index contributed by atoms with van der Waals surface area (Å²) in [5.41, 5.74) is 9.15. The molecule has 29 heavy (non-hydrogen) atoms. The third-order valence-corrected chi connectivity index (χ3v) is 6.76. The summed E-state index contributed by atoms with van der Waals surface area (Å²) in [7, 11) is 0. The number of anilines is 1. The molecule has 0 bridgehead atoms. The van der Waals surface area contributed by atoms with Gasteiger partial charge in [-0.25, -0.2) is 4.39 Å². The zero-order chi connectivity index (χ0) is 19.8. The van der Waals surface area contributed by atoms with Gasteiger partial charge in [-0.3, -0.25) is 9.88 Å². The van der Waals surface area contributed by atoms with Crippen molar-refractivity contribution in [2.75, 3.05) is 38.6 Å². The third-order valence-electron chi connectivity index (χ3n) is 5.67. The fourth-order valence-electron chi connectivity index (χ4n) is 4.04. The van der Waals surface area contributed by atoms with Gasteiger partial charge in [-0.1, -0.05) is 17.9 Å². The summed E-state index contributed by atoms with van der Waals surface area (Å²) in [6.45, 7) is 4.22.